The number of halogens is 2. The molecule has 1 aliphatic heterocycles. The number of likely N-dealkylation sites (tertiary alicyclic amines) is 1. The fourth-order valence-electron chi connectivity index (χ4n) is 4.38. The maximum absolute atomic E-state index is 13.2. The molecule has 0 aliphatic carbocycles. The number of likely N-dealkylation sites (N-methyl/N-ethyl adjacent to an activating group) is 1. The average Bonchev–Trinajstić information content (AvgIpc) is 3.34. The van der Waals surface area contributed by atoms with Gasteiger partial charge >= 0.3 is 0 Å². The number of carbonyl (C=O) groups excluding carboxylic acids is 1. The Labute approximate surface area is 224 Å². The number of aliphatic hydroxyl groups excluding tert-OH is 1. The van der Waals surface area contributed by atoms with E-state index in [1.54, 1.807) is 12.1 Å². The minimum Gasteiger partial charge on any atom is -0.394 e. The maximum atomic E-state index is 13.2. The van der Waals surface area contributed by atoms with Crippen molar-refractivity contribution in [3.8, 4) is 0 Å². The van der Waals surface area contributed by atoms with E-state index in [-0.39, 0.29) is 25.0 Å². The van der Waals surface area contributed by atoms with Gasteiger partial charge in [-0.2, -0.15) is 0 Å². The summed E-state index contributed by atoms with van der Waals surface area (Å²) in [5.74, 6) is 0.0382. The highest BCUT2D eigenvalue weighted by atomic mass is 35.5. The highest BCUT2D eigenvalue weighted by Gasteiger charge is 2.28. The van der Waals surface area contributed by atoms with Crippen molar-refractivity contribution < 1.29 is 19.4 Å². The Morgan fingerprint density at radius 1 is 1.11 bits per heavy atom. The summed E-state index contributed by atoms with van der Waals surface area (Å²) in [5.41, 5.74) is 1.97. The second-order valence-electron chi connectivity index (χ2n) is 9.00. The predicted octanol–water partition coefficient (Wildman–Crippen LogP) is 3.43. The zero-order valence-electron chi connectivity index (χ0n) is 20.9. The Kier molecular flexibility index (Phi) is 12.4. The van der Waals surface area contributed by atoms with Crippen LogP contribution < -0.4 is 5.32 Å². The molecule has 2 N–H and O–H groups in total. The van der Waals surface area contributed by atoms with Crippen LogP contribution in [0.25, 0.3) is 0 Å². The first-order chi connectivity index (χ1) is 17.5. The van der Waals surface area contributed by atoms with Gasteiger partial charge in [0.2, 0.25) is 5.91 Å². The van der Waals surface area contributed by atoms with Crippen molar-refractivity contribution in [2.75, 3.05) is 66.3 Å². The van der Waals surface area contributed by atoms with Gasteiger partial charge in [-0.1, -0.05) is 59.6 Å². The number of amides is 1. The molecule has 9 heteroatoms. The SMILES string of the molecule is CN(C(=O)Cc1ccc(Cl)c(Cl)c1)C(CN1CC[C@H](NCCOCCOCCO)C1)c1ccccc1. The zero-order chi connectivity index (χ0) is 25.8. The minimum absolute atomic E-state index is 0.0338. The molecule has 7 nitrogen and oxygen atoms in total. The molecular weight excluding hydrogens is 501 g/mol. The number of carbonyl (C=O) groups is 1. The van der Waals surface area contributed by atoms with Gasteiger partial charge in [0.1, 0.15) is 0 Å². The van der Waals surface area contributed by atoms with Crippen LogP contribution in [0, 0.1) is 0 Å². The fraction of sp³-hybridized carbons (Fsp3) is 0.519. The average molecular weight is 539 g/mol. The lowest BCUT2D eigenvalue weighted by Crippen LogP contribution is -2.41. The van der Waals surface area contributed by atoms with Gasteiger partial charge in [-0.25, -0.2) is 0 Å². The number of nitrogens with one attached hydrogen (secondary N) is 1. The van der Waals surface area contributed by atoms with Crippen molar-refractivity contribution in [1.82, 2.24) is 15.1 Å². The first-order valence-electron chi connectivity index (χ1n) is 12.4. The molecule has 1 saturated heterocycles. The van der Waals surface area contributed by atoms with Crippen LogP contribution in [0.15, 0.2) is 48.5 Å². The molecule has 1 heterocycles. The highest BCUT2D eigenvalue weighted by Crippen LogP contribution is 2.26. The Balaban J connectivity index is 1.51. The van der Waals surface area contributed by atoms with E-state index in [2.05, 4.69) is 22.3 Å². The minimum atomic E-state index is -0.0533. The summed E-state index contributed by atoms with van der Waals surface area (Å²) in [6, 6.07) is 15.9. The van der Waals surface area contributed by atoms with Gasteiger partial charge in [0, 0.05) is 32.7 Å². The summed E-state index contributed by atoms with van der Waals surface area (Å²) in [5, 5.41) is 13.2. The molecule has 0 aromatic heterocycles. The standard InChI is InChI=1S/C27H37Cl2N3O4/c1-31(27(34)18-21-7-8-24(28)25(29)17-21)26(22-5-3-2-4-6-22)20-32-11-9-23(19-32)30-10-13-35-15-16-36-14-12-33/h2-8,17,23,26,30,33H,9-16,18-20H2,1H3/t23-,26?/m0/s1. The van der Waals surface area contributed by atoms with Gasteiger partial charge in [0.15, 0.2) is 0 Å². The van der Waals surface area contributed by atoms with Crippen molar-refractivity contribution >= 4 is 29.1 Å². The smallest absolute Gasteiger partial charge is 0.227 e. The number of hydrogen-bond acceptors (Lipinski definition) is 6. The summed E-state index contributed by atoms with van der Waals surface area (Å²) in [7, 11) is 1.88. The second-order valence-corrected chi connectivity index (χ2v) is 9.82. The molecule has 0 spiro atoms. The second kappa shape index (κ2) is 15.5. The van der Waals surface area contributed by atoms with Gasteiger partial charge in [-0.3, -0.25) is 9.69 Å². The number of benzene rings is 2. The van der Waals surface area contributed by atoms with E-state index in [1.165, 1.54) is 0 Å². The van der Waals surface area contributed by atoms with Gasteiger partial charge < -0.3 is 24.8 Å². The van der Waals surface area contributed by atoms with Crippen LogP contribution in [0.4, 0.5) is 0 Å². The molecule has 2 aromatic carbocycles. The van der Waals surface area contributed by atoms with E-state index >= 15 is 0 Å². The first kappa shape index (κ1) is 28.9. The monoisotopic (exact) mass is 537 g/mol. The van der Waals surface area contributed by atoms with Crippen molar-refractivity contribution in [3.63, 3.8) is 0 Å². The van der Waals surface area contributed by atoms with E-state index in [0.717, 1.165) is 43.7 Å². The highest BCUT2D eigenvalue weighted by molar-refractivity contribution is 6.42. The normalized spacial score (nSPS) is 16.8. The van der Waals surface area contributed by atoms with Crippen LogP contribution in [-0.4, -0.2) is 93.1 Å². The molecule has 2 atom stereocenters. The Bertz CT molecular complexity index is 934. The van der Waals surface area contributed by atoms with Crippen molar-refractivity contribution in [2.45, 2.75) is 24.9 Å². The zero-order valence-corrected chi connectivity index (χ0v) is 22.4. The fourth-order valence-corrected chi connectivity index (χ4v) is 4.70. The third kappa shape index (κ3) is 9.30. The van der Waals surface area contributed by atoms with Crippen molar-refractivity contribution in [3.05, 3.63) is 69.7 Å². The third-order valence-electron chi connectivity index (χ3n) is 6.38. The molecular formula is C27H37Cl2N3O4. The molecule has 1 aliphatic rings. The summed E-state index contributed by atoms with van der Waals surface area (Å²) in [6.45, 7) is 5.48. The topological polar surface area (TPSA) is 74.3 Å². The van der Waals surface area contributed by atoms with Gasteiger partial charge in [0.05, 0.1) is 55.5 Å². The van der Waals surface area contributed by atoms with Crippen LogP contribution in [0.3, 0.4) is 0 Å². The summed E-state index contributed by atoms with van der Waals surface area (Å²) in [6.07, 6.45) is 1.33. The van der Waals surface area contributed by atoms with Crippen molar-refractivity contribution in [1.29, 1.82) is 0 Å². The molecule has 3 rings (SSSR count). The van der Waals surface area contributed by atoms with Gasteiger partial charge in [-0.15, -0.1) is 0 Å². The molecule has 1 fully saturated rings. The van der Waals surface area contributed by atoms with Crippen molar-refractivity contribution in [2.24, 2.45) is 0 Å². The van der Waals surface area contributed by atoms with E-state index in [0.29, 0.717) is 42.5 Å². The van der Waals surface area contributed by atoms with Gasteiger partial charge in [0.25, 0.3) is 0 Å². The molecule has 2 aromatic rings. The van der Waals surface area contributed by atoms with Crippen LogP contribution in [0.2, 0.25) is 10.0 Å². The molecule has 36 heavy (non-hydrogen) atoms. The first-order valence-corrected chi connectivity index (χ1v) is 13.2. The number of nitrogens with zero attached hydrogens (tertiary/aromatic N) is 2. The Morgan fingerprint density at radius 3 is 2.58 bits per heavy atom. The Morgan fingerprint density at radius 2 is 1.86 bits per heavy atom. The summed E-state index contributed by atoms with van der Waals surface area (Å²) in [4.78, 5) is 17.5. The van der Waals surface area contributed by atoms with Gasteiger partial charge in [-0.05, 0) is 36.2 Å². The lowest BCUT2D eigenvalue weighted by Gasteiger charge is -2.32. The summed E-state index contributed by atoms with van der Waals surface area (Å²) < 4.78 is 10.8. The third-order valence-corrected chi connectivity index (χ3v) is 7.11. The largest absolute Gasteiger partial charge is 0.394 e. The molecule has 1 unspecified atom stereocenters. The molecule has 1 amide bonds. The number of aliphatic hydroxyl groups is 1. The van der Waals surface area contributed by atoms with Crippen LogP contribution >= 0.6 is 23.2 Å². The maximum Gasteiger partial charge on any atom is 0.227 e. The summed E-state index contributed by atoms with van der Waals surface area (Å²) >= 11 is 12.2. The molecule has 0 bridgehead atoms. The number of rotatable bonds is 15. The van der Waals surface area contributed by atoms with E-state index in [4.69, 9.17) is 37.8 Å². The molecule has 0 radical (unpaired) electrons. The van der Waals surface area contributed by atoms with E-state index < -0.39 is 0 Å². The predicted molar refractivity (Wildman–Crippen MR) is 144 cm³/mol. The van der Waals surface area contributed by atoms with Crippen LogP contribution in [-0.2, 0) is 20.7 Å². The van der Waals surface area contributed by atoms with Crippen LogP contribution in [0.1, 0.15) is 23.6 Å². The molecule has 0 saturated carbocycles. The Hall–Kier alpha value is -1.71. The molecule has 198 valence electrons. The number of ether oxygens (including phenoxy) is 2. The lowest BCUT2D eigenvalue weighted by molar-refractivity contribution is -0.131. The van der Waals surface area contributed by atoms with E-state index in [9.17, 15) is 4.79 Å². The number of hydrogen-bond donors (Lipinski definition) is 2. The van der Waals surface area contributed by atoms with Crippen LogP contribution in [0.5, 0.6) is 0 Å². The quantitative estimate of drug-likeness (QED) is 0.339. The lowest BCUT2D eigenvalue weighted by atomic mass is 10.0. The van der Waals surface area contributed by atoms with E-state index in [1.807, 2.05) is 36.2 Å².